The zero-order chi connectivity index (χ0) is 38.7. The van der Waals surface area contributed by atoms with Gasteiger partial charge in [0.1, 0.15) is 0 Å². The lowest BCUT2D eigenvalue weighted by molar-refractivity contribution is 0.785. The lowest BCUT2D eigenvalue weighted by Crippen LogP contribution is -2.29. The summed E-state index contributed by atoms with van der Waals surface area (Å²) >= 11 is 1.86. The predicted molar refractivity (Wildman–Crippen MR) is 249 cm³/mol. The molecule has 0 spiro atoms. The van der Waals surface area contributed by atoms with E-state index in [9.17, 15) is 0 Å². The molecule has 9 aromatic rings. The number of hydrogen-bond acceptors (Lipinski definition) is 4. The number of rotatable bonds is 10. The Labute approximate surface area is 344 Å². The molecule has 0 fully saturated rings. The van der Waals surface area contributed by atoms with E-state index in [-0.39, 0.29) is 6.04 Å². The number of hydrogen-bond donors (Lipinski definition) is 0. The zero-order valence-electron chi connectivity index (χ0n) is 32.0. The standard InChI is InChI=1S/C54H41N3S/c1-6-20-42(21-7-1)55(43-22-8-2-9-23-43)49-36-41(37-50(38-49)56(44-24-10-3-11-25-44)45-26-12-4-13-27-45)40-19-18-30-47(35-40)57(46-28-14-5-15-29-46)48-33-34-54-52(39-48)51-31-16-17-32-53(51)58-54/h1-28,30-39,46H,29H2. The second-order valence-corrected chi connectivity index (χ2v) is 15.6. The average molecular weight is 764 g/mol. The van der Waals surface area contributed by atoms with Gasteiger partial charge in [0.15, 0.2) is 0 Å². The van der Waals surface area contributed by atoms with Crippen LogP contribution in [0.5, 0.6) is 0 Å². The van der Waals surface area contributed by atoms with Gasteiger partial charge < -0.3 is 14.7 Å². The van der Waals surface area contributed by atoms with Crippen molar-refractivity contribution >= 4 is 77.0 Å². The summed E-state index contributed by atoms with van der Waals surface area (Å²) in [6.45, 7) is 0. The Balaban J connectivity index is 1.17. The van der Waals surface area contributed by atoms with E-state index in [1.807, 2.05) is 11.3 Å². The molecule has 0 saturated carbocycles. The highest BCUT2D eigenvalue weighted by molar-refractivity contribution is 7.25. The molecule has 1 heterocycles. The number of para-hydroxylation sites is 4. The summed E-state index contributed by atoms with van der Waals surface area (Å²) in [5.41, 5.74) is 11.1. The Kier molecular flexibility index (Phi) is 9.60. The average Bonchev–Trinajstić information content (AvgIpc) is 3.67. The van der Waals surface area contributed by atoms with Crippen molar-refractivity contribution in [1.29, 1.82) is 0 Å². The molecular formula is C54H41N3S. The van der Waals surface area contributed by atoms with Gasteiger partial charge in [-0.15, -0.1) is 11.3 Å². The van der Waals surface area contributed by atoms with E-state index >= 15 is 0 Å². The fourth-order valence-corrected chi connectivity index (χ4v) is 9.30. The lowest BCUT2D eigenvalue weighted by Gasteiger charge is -2.33. The quantitative estimate of drug-likeness (QED) is 0.137. The van der Waals surface area contributed by atoms with Crippen LogP contribution in [0, 0.1) is 0 Å². The first-order valence-electron chi connectivity index (χ1n) is 19.9. The summed E-state index contributed by atoms with van der Waals surface area (Å²) < 4.78 is 2.63. The van der Waals surface area contributed by atoms with Crippen LogP contribution in [0.2, 0.25) is 0 Å². The Morgan fingerprint density at radius 1 is 0.362 bits per heavy atom. The molecule has 0 aliphatic heterocycles. The number of benzene rings is 8. The Morgan fingerprint density at radius 2 is 0.862 bits per heavy atom. The summed E-state index contributed by atoms with van der Waals surface area (Å²) in [5.74, 6) is 0. The van der Waals surface area contributed by atoms with Gasteiger partial charge in [-0.05, 0) is 121 Å². The number of thiophene rings is 1. The Bertz CT molecular complexity index is 2700. The minimum atomic E-state index is 0.169. The molecule has 58 heavy (non-hydrogen) atoms. The summed E-state index contributed by atoms with van der Waals surface area (Å²) in [6.07, 6.45) is 9.87. The normalized spacial score (nSPS) is 13.5. The Hall–Kier alpha value is -7.14. The zero-order valence-corrected chi connectivity index (χ0v) is 32.8. The molecule has 1 aromatic heterocycles. The molecular weight excluding hydrogens is 723 g/mol. The maximum atomic E-state index is 2.51. The molecule has 8 aromatic carbocycles. The molecule has 1 aliphatic rings. The molecule has 4 heteroatoms. The number of anilines is 8. The van der Waals surface area contributed by atoms with Gasteiger partial charge in [-0.1, -0.05) is 127 Å². The lowest BCUT2D eigenvalue weighted by atomic mass is 9.99. The molecule has 278 valence electrons. The van der Waals surface area contributed by atoms with E-state index in [0.717, 1.165) is 57.4 Å². The maximum absolute atomic E-state index is 2.51. The van der Waals surface area contributed by atoms with E-state index in [4.69, 9.17) is 0 Å². The molecule has 1 aliphatic carbocycles. The highest BCUT2D eigenvalue weighted by Crippen LogP contribution is 2.44. The van der Waals surface area contributed by atoms with Gasteiger partial charge in [0, 0.05) is 65.7 Å². The van der Waals surface area contributed by atoms with Crippen LogP contribution in [-0.2, 0) is 0 Å². The van der Waals surface area contributed by atoms with Crippen molar-refractivity contribution in [1.82, 2.24) is 0 Å². The molecule has 0 N–H and O–H groups in total. The topological polar surface area (TPSA) is 9.72 Å². The predicted octanol–water partition coefficient (Wildman–Crippen LogP) is 15.7. The van der Waals surface area contributed by atoms with Crippen LogP contribution in [0.4, 0.5) is 45.5 Å². The monoisotopic (exact) mass is 763 g/mol. The van der Waals surface area contributed by atoms with Crippen molar-refractivity contribution < 1.29 is 0 Å². The fourth-order valence-electron chi connectivity index (χ4n) is 8.21. The molecule has 1 atom stereocenters. The van der Waals surface area contributed by atoms with Gasteiger partial charge >= 0.3 is 0 Å². The Morgan fingerprint density at radius 3 is 1.43 bits per heavy atom. The van der Waals surface area contributed by atoms with Crippen molar-refractivity contribution in [2.24, 2.45) is 0 Å². The summed E-state index contributed by atoms with van der Waals surface area (Å²) in [5, 5.41) is 2.61. The smallest absolute Gasteiger partial charge is 0.0559 e. The third-order valence-corrected chi connectivity index (χ3v) is 12.0. The van der Waals surface area contributed by atoms with Gasteiger partial charge in [0.2, 0.25) is 0 Å². The highest BCUT2D eigenvalue weighted by atomic mass is 32.1. The maximum Gasteiger partial charge on any atom is 0.0559 e. The van der Waals surface area contributed by atoms with Gasteiger partial charge in [0.05, 0.1) is 6.04 Å². The molecule has 0 bridgehead atoms. The first-order chi connectivity index (χ1) is 28.8. The number of nitrogens with zero attached hydrogens (tertiary/aromatic N) is 3. The van der Waals surface area contributed by atoms with Crippen molar-refractivity contribution in [3.8, 4) is 11.1 Å². The molecule has 10 rings (SSSR count). The first kappa shape index (κ1) is 35.3. The van der Waals surface area contributed by atoms with Crippen molar-refractivity contribution in [3.63, 3.8) is 0 Å². The third kappa shape index (κ3) is 6.95. The second-order valence-electron chi connectivity index (χ2n) is 14.6. The van der Waals surface area contributed by atoms with Crippen molar-refractivity contribution in [3.05, 3.63) is 231 Å². The van der Waals surface area contributed by atoms with Crippen LogP contribution < -0.4 is 14.7 Å². The first-order valence-corrected chi connectivity index (χ1v) is 20.7. The van der Waals surface area contributed by atoms with Crippen molar-refractivity contribution in [2.45, 2.75) is 12.5 Å². The van der Waals surface area contributed by atoms with Gasteiger partial charge in [-0.2, -0.15) is 0 Å². The van der Waals surface area contributed by atoms with Crippen LogP contribution in [-0.4, -0.2) is 6.04 Å². The van der Waals surface area contributed by atoms with Gasteiger partial charge in [0.25, 0.3) is 0 Å². The van der Waals surface area contributed by atoms with Gasteiger partial charge in [-0.25, -0.2) is 0 Å². The van der Waals surface area contributed by atoms with Crippen LogP contribution >= 0.6 is 11.3 Å². The van der Waals surface area contributed by atoms with Crippen LogP contribution in [0.3, 0.4) is 0 Å². The molecule has 0 radical (unpaired) electrons. The highest BCUT2D eigenvalue weighted by Gasteiger charge is 2.23. The van der Waals surface area contributed by atoms with E-state index < -0.39 is 0 Å². The summed E-state index contributed by atoms with van der Waals surface area (Å²) in [7, 11) is 0. The van der Waals surface area contributed by atoms with E-state index in [1.54, 1.807) is 0 Å². The number of allylic oxidation sites excluding steroid dienone is 2. The summed E-state index contributed by atoms with van der Waals surface area (Å²) in [6, 6.07) is 74.7. The van der Waals surface area contributed by atoms with E-state index in [0.29, 0.717) is 0 Å². The molecule has 0 amide bonds. The molecule has 0 saturated heterocycles. The third-order valence-electron chi connectivity index (χ3n) is 10.9. The van der Waals surface area contributed by atoms with Crippen LogP contribution in [0.1, 0.15) is 6.42 Å². The minimum Gasteiger partial charge on any atom is -0.334 e. The fraction of sp³-hybridized carbons (Fsp3) is 0.0370. The van der Waals surface area contributed by atoms with Crippen LogP contribution in [0.25, 0.3) is 31.3 Å². The van der Waals surface area contributed by atoms with E-state index in [2.05, 4.69) is 245 Å². The minimum absolute atomic E-state index is 0.169. The SMILES string of the molecule is C1=CCC(N(c2cccc(-c3cc(N(c4ccccc4)c4ccccc4)cc(N(c4ccccc4)c4ccccc4)c3)c2)c2ccc3sc4ccccc4c3c2)C=C1. The number of fused-ring (bicyclic) bond motifs is 3. The second kappa shape index (κ2) is 15.8. The molecule has 1 unspecified atom stereocenters. The largest absolute Gasteiger partial charge is 0.334 e. The van der Waals surface area contributed by atoms with E-state index in [1.165, 1.54) is 25.9 Å². The van der Waals surface area contributed by atoms with Crippen LogP contribution in [0.15, 0.2) is 231 Å². The molecule has 3 nitrogen and oxygen atoms in total. The summed E-state index contributed by atoms with van der Waals surface area (Å²) in [4.78, 5) is 7.23. The van der Waals surface area contributed by atoms with Crippen molar-refractivity contribution in [2.75, 3.05) is 14.7 Å². The van der Waals surface area contributed by atoms with Gasteiger partial charge in [-0.3, -0.25) is 0 Å².